The summed E-state index contributed by atoms with van der Waals surface area (Å²) in [6.45, 7) is 2.76. The predicted octanol–water partition coefficient (Wildman–Crippen LogP) is 2.59. The van der Waals surface area contributed by atoms with Gasteiger partial charge in [0.1, 0.15) is 0 Å². The van der Waals surface area contributed by atoms with Gasteiger partial charge in [0.25, 0.3) is 0 Å². The van der Waals surface area contributed by atoms with E-state index in [-0.39, 0.29) is 0 Å². The van der Waals surface area contributed by atoms with Crippen LogP contribution in [0.3, 0.4) is 0 Å². The van der Waals surface area contributed by atoms with E-state index >= 15 is 0 Å². The van der Waals surface area contributed by atoms with Gasteiger partial charge in [-0.2, -0.15) is 9.97 Å². The Kier molecular flexibility index (Phi) is 3.21. The molecule has 0 radical (unpaired) electrons. The number of nitrogens with zero attached hydrogens (tertiary/aromatic N) is 5. The van der Waals surface area contributed by atoms with E-state index in [1.54, 1.807) is 0 Å². The lowest BCUT2D eigenvalue weighted by Gasteiger charge is -2.30. The highest BCUT2D eigenvalue weighted by atomic mass is 16.5. The van der Waals surface area contributed by atoms with Crippen molar-refractivity contribution in [1.29, 1.82) is 0 Å². The van der Waals surface area contributed by atoms with Crippen LogP contribution in [0.25, 0.3) is 0 Å². The van der Waals surface area contributed by atoms with E-state index in [1.165, 1.54) is 25.7 Å². The number of likely N-dealkylation sites (tertiary alicyclic amines) is 1. The minimum Gasteiger partial charge on any atom is -0.339 e. The molecule has 1 atom stereocenters. The molecular formula is C16H21N5O2. The lowest BCUT2D eigenvalue weighted by Crippen LogP contribution is -2.34. The predicted molar refractivity (Wildman–Crippen MR) is 79.8 cm³/mol. The molecule has 2 aromatic heterocycles. The van der Waals surface area contributed by atoms with Gasteiger partial charge in [-0.1, -0.05) is 10.3 Å². The average Bonchev–Trinajstić information content (AvgIpc) is 3.51. The van der Waals surface area contributed by atoms with Gasteiger partial charge in [-0.25, -0.2) is 0 Å². The maximum absolute atomic E-state index is 5.41. The Morgan fingerprint density at radius 1 is 0.870 bits per heavy atom. The highest BCUT2D eigenvalue weighted by Crippen LogP contribution is 2.40. The number of rotatable bonds is 5. The molecule has 3 aliphatic rings. The van der Waals surface area contributed by atoms with Crippen LogP contribution in [0, 0.1) is 0 Å². The fraction of sp³-hybridized carbons (Fsp3) is 0.750. The van der Waals surface area contributed by atoms with E-state index < -0.39 is 0 Å². The molecule has 7 heteroatoms. The van der Waals surface area contributed by atoms with E-state index in [0.29, 0.717) is 17.8 Å². The molecule has 0 aromatic carbocycles. The first-order valence-corrected chi connectivity index (χ1v) is 8.73. The van der Waals surface area contributed by atoms with Gasteiger partial charge in [-0.3, -0.25) is 4.90 Å². The van der Waals surface area contributed by atoms with Crippen molar-refractivity contribution >= 4 is 0 Å². The minimum absolute atomic E-state index is 0.356. The molecule has 122 valence electrons. The first-order valence-electron chi connectivity index (χ1n) is 8.73. The van der Waals surface area contributed by atoms with Crippen LogP contribution >= 0.6 is 0 Å². The van der Waals surface area contributed by atoms with E-state index in [9.17, 15) is 0 Å². The van der Waals surface area contributed by atoms with Crippen molar-refractivity contribution in [3.8, 4) is 0 Å². The second kappa shape index (κ2) is 5.40. The second-order valence-electron chi connectivity index (χ2n) is 7.16. The Morgan fingerprint density at radius 2 is 1.61 bits per heavy atom. The van der Waals surface area contributed by atoms with Crippen LogP contribution in [-0.4, -0.2) is 38.3 Å². The molecule has 1 aliphatic heterocycles. The molecule has 0 bridgehead atoms. The number of hydrogen-bond donors (Lipinski definition) is 0. The summed E-state index contributed by atoms with van der Waals surface area (Å²) in [7, 11) is 0. The van der Waals surface area contributed by atoms with Crippen molar-refractivity contribution in [1.82, 2.24) is 25.2 Å². The van der Waals surface area contributed by atoms with Gasteiger partial charge in [0, 0.05) is 24.3 Å². The molecule has 3 fully saturated rings. The third-order valence-corrected chi connectivity index (χ3v) is 5.03. The van der Waals surface area contributed by atoms with Crippen LogP contribution in [0.2, 0.25) is 0 Å². The van der Waals surface area contributed by atoms with Crippen LogP contribution in [0.5, 0.6) is 0 Å². The summed E-state index contributed by atoms with van der Waals surface area (Å²) in [5, 5.41) is 8.34. The summed E-state index contributed by atoms with van der Waals surface area (Å²) in [6, 6.07) is 0. The topological polar surface area (TPSA) is 81.1 Å². The van der Waals surface area contributed by atoms with Crippen molar-refractivity contribution < 1.29 is 9.05 Å². The van der Waals surface area contributed by atoms with E-state index in [2.05, 4.69) is 25.2 Å². The fourth-order valence-corrected chi connectivity index (χ4v) is 3.35. The Balaban J connectivity index is 1.24. The summed E-state index contributed by atoms with van der Waals surface area (Å²) in [5.74, 6) is 4.74. The van der Waals surface area contributed by atoms with Crippen molar-refractivity contribution in [2.45, 2.75) is 62.8 Å². The Labute approximate surface area is 134 Å². The molecule has 23 heavy (non-hydrogen) atoms. The zero-order valence-electron chi connectivity index (χ0n) is 13.1. The Morgan fingerprint density at radius 3 is 2.39 bits per heavy atom. The van der Waals surface area contributed by atoms with Crippen molar-refractivity contribution in [2.75, 3.05) is 13.1 Å². The van der Waals surface area contributed by atoms with Crippen LogP contribution in [0.1, 0.15) is 79.7 Å². The second-order valence-corrected chi connectivity index (χ2v) is 7.16. The number of aromatic nitrogens is 4. The highest BCUT2D eigenvalue weighted by Gasteiger charge is 2.33. The largest absolute Gasteiger partial charge is 0.339 e. The number of piperidine rings is 1. The zero-order valence-corrected chi connectivity index (χ0v) is 13.1. The minimum atomic E-state index is 0.356. The van der Waals surface area contributed by atoms with Gasteiger partial charge in [-0.05, 0) is 45.1 Å². The smallest absolute Gasteiger partial charge is 0.229 e. The molecule has 5 rings (SSSR count). The summed E-state index contributed by atoms with van der Waals surface area (Å²) in [4.78, 5) is 11.5. The molecule has 0 amide bonds. The monoisotopic (exact) mass is 315 g/mol. The Hall–Kier alpha value is -1.76. The summed E-state index contributed by atoms with van der Waals surface area (Å²) in [6.07, 6.45) is 7.04. The third-order valence-electron chi connectivity index (χ3n) is 5.03. The summed E-state index contributed by atoms with van der Waals surface area (Å²) in [5.41, 5.74) is 0. The van der Waals surface area contributed by atoms with Gasteiger partial charge in [0.2, 0.25) is 11.8 Å². The van der Waals surface area contributed by atoms with Crippen LogP contribution < -0.4 is 0 Å². The third kappa shape index (κ3) is 2.89. The van der Waals surface area contributed by atoms with Crippen molar-refractivity contribution in [2.24, 2.45) is 0 Å². The van der Waals surface area contributed by atoms with E-state index in [1.807, 2.05) is 0 Å². The van der Waals surface area contributed by atoms with Crippen LogP contribution in [0.15, 0.2) is 9.05 Å². The standard InChI is InChI=1S/C16H21N5O2/c1-2-12(14-18-16(23-20-14)11-5-6-11)8-21(7-1)9-13-17-15(22-19-13)10-3-4-10/h10-12H,1-9H2. The molecule has 2 aliphatic carbocycles. The van der Waals surface area contributed by atoms with Gasteiger partial charge < -0.3 is 9.05 Å². The number of hydrogen-bond acceptors (Lipinski definition) is 7. The van der Waals surface area contributed by atoms with Gasteiger partial charge in [-0.15, -0.1) is 0 Å². The molecule has 7 nitrogen and oxygen atoms in total. The maximum Gasteiger partial charge on any atom is 0.229 e. The summed E-state index contributed by atoms with van der Waals surface area (Å²) >= 11 is 0. The highest BCUT2D eigenvalue weighted by molar-refractivity contribution is 5.06. The SMILES string of the molecule is C1CC(c2noc(C3CC3)n2)CN(Cc2noc(C3CC3)n2)C1. The maximum atomic E-state index is 5.41. The molecule has 1 unspecified atom stereocenters. The zero-order chi connectivity index (χ0) is 15.2. The first kappa shape index (κ1) is 13.7. The lowest BCUT2D eigenvalue weighted by molar-refractivity contribution is 0.188. The molecule has 3 heterocycles. The molecule has 0 N–H and O–H groups in total. The molecule has 1 saturated heterocycles. The normalized spacial score (nSPS) is 25.8. The van der Waals surface area contributed by atoms with E-state index in [0.717, 1.165) is 55.9 Å². The molecule has 2 aromatic rings. The lowest BCUT2D eigenvalue weighted by atomic mass is 9.97. The molecule has 0 spiro atoms. The average molecular weight is 315 g/mol. The fourth-order valence-electron chi connectivity index (χ4n) is 3.35. The van der Waals surface area contributed by atoms with E-state index in [4.69, 9.17) is 9.05 Å². The Bertz CT molecular complexity index is 688. The quantitative estimate of drug-likeness (QED) is 0.838. The van der Waals surface area contributed by atoms with Gasteiger partial charge in [0.05, 0.1) is 6.54 Å². The van der Waals surface area contributed by atoms with Crippen LogP contribution in [0.4, 0.5) is 0 Å². The van der Waals surface area contributed by atoms with Gasteiger partial charge in [0.15, 0.2) is 11.6 Å². The molecule has 2 saturated carbocycles. The van der Waals surface area contributed by atoms with Gasteiger partial charge >= 0.3 is 0 Å². The first-order chi connectivity index (χ1) is 11.3. The van der Waals surface area contributed by atoms with Crippen molar-refractivity contribution in [3.63, 3.8) is 0 Å². The summed E-state index contributed by atoms with van der Waals surface area (Å²) < 4.78 is 10.8. The van der Waals surface area contributed by atoms with Crippen LogP contribution in [-0.2, 0) is 6.54 Å². The molecular weight excluding hydrogens is 294 g/mol. The van der Waals surface area contributed by atoms with Crippen molar-refractivity contribution in [3.05, 3.63) is 23.4 Å².